The van der Waals surface area contributed by atoms with E-state index in [0.717, 1.165) is 11.4 Å². The van der Waals surface area contributed by atoms with Crippen LogP contribution in [0.15, 0.2) is 30.5 Å². The van der Waals surface area contributed by atoms with Crippen molar-refractivity contribution in [1.29, 1.82) is 0 Å². The molecular formula is C16H16N4O3. The maximum Gasteiger partial charge on any atom is 0.328 e. The Kier molecular flexibility index (Phi) is 3.33. The molecule has 1 saturated carbocycles. The maximum absolute atomic E-state index is 12.1. The Balaban J connectivity index is 1.46. The summed E-state index contributed by atoms with van der Waals surface area (Å²) < 4.78 is 6.55. The van der Waals surface area contributed by atoms with Crippen molar-refractivity contribution < 1.29 is 14.3 Å². The second-order valence-corrected chi connectivity index (χ2v) is 5.89. The minimum atomic E-state index is -0.543. The van der Waals surface area contributed by atoms with E-state index in [1.165, 1.54) is 12.8 Å². The zero-order valence-corrected chi connectivity index (χ0v) is 12.4. The van der Waals surface area contributed by atoms with Gasteiger partial charge in [-0.1, -0.05) is 5.21 Å². The van der Waals surface area contributed by atoms with Gasteiger partial charge in [0.15, 0.2) is 0 Å². The number of aromatic nitrogens is 3. The summed E-state index contributed by atoms with van der Waals surface area (Å²) in [6.45, 7) is 0.359. The van der Waals surface area contributed by atoms with E-state index in [1.54, 1.807) is 16.8 Å². The first kappa shape index (κ1) is 13.9. The van der Waals surface area contributed by atoms with Gasteiger partial charge >= 0.3 is 5.97 Å². The lowest BCUT2D eigenvalue weighted by Gasteiger charge is -2.09. The Morgan fingerprint density at radius 2 is 2.00 bits per heavy atom. The molecule has 2 aliphatic rings. The molecule has 1 N–H and O–H groups in total. The molecule has 2 aromatic rings. The third kappa shape index (κ3) is 2.81. The largest absolute Gasteiger partial charge is 0.464 e. The summed E-state index contributed by atoms with van der Waals surface area (Å²) in [6, 6.07) is 6.51. The van der Waals surface area contributed by atoms with Crippen LogP contribution in [0.2, 0.25) is 0 Å². The number of rotatable bonds is 4. The predicted molar refractivity (Wildman–Crippen MR) is 80.2 cm³/mol. The molecule has 1 amide bonds. The van der Waals surface area contributed by atoms with E-state index in [1.807, 2.05) is 18.3 Å². The van der Waals surface area contributed by atoms with Gasteiger partial charge in [-0.2, -0.15) is 0 Å². The van der Waals surface area contributed by atoms with Crippen LogP contribution in [0.25, 0.3) is 5.69 Å². The van der Waals surface area contributed by atoms with Gasteiger partial charge in [0.1, 0.15) is 6.04 Å². The number of cyclic esters (lactones) is 1. The fourth-order valence-corrected chi connectivity index (χ4v) is 2.60. The Labute approximate surface area is 132 Å². The van der Waals surface area contributed by atoms with Gasteiger partial charge in [-0.15, -0.1) is 5.10 Å². The highest BCUT2D eigenvalue weighted by Gasteiger charge is 2.28. The van der Waals surface area contributed by atoms with Gasteiger partial charge in [0.2, 0.25) is 0 Å². The number of nitrogens with zero attached hydrogens (tertiary/aromatic N) is 3. The van der Waals surface area contributed by atoms with E-state index in [0.29, 0.717) is 24.5 Å². The molecule has 0 radical (unpaired) electrons. The lowest BCUT2D eigenvalue weighted by molar-refractivity contribution is -0.139. The van der Waals surface area contributed by atoms with Gasteiger partial charge in [0, 0.05) is 17.9 Å². The maximum atomic E-state index is 12.1. The topological polar surface area (TPSA) is 86.1 Å². The van der Waals surface area contributed by atoms with Crippen molar-refractivity contribution in [3.63, 3.8) is 0 Å². The van der Waals surface area contributed by atoms with Crippen LogP contribution in [-0.4, -0.2) is 39.5 Å². The summed E-state index contributed by atoms with van der Waals surface area (Å²) in [5.41, 5.74) is 2.36. The van der Waals surface area contributed by atoms with Crippen molar-refractivity contribution in [1.82, 2.24) is 20.3 Å². The number of benzene rings is 1. The Morgan fingerprint density at radius 3 is 2.65 bits per heavy atom. The third-order valence-corrected chi connectivity index (χ3v) is 4.14. The second kappa shape index (κ2) is 5.49. The van der Waals surface area contributed by atoms with Crippen LogP contribution in [0.5, 0.6) is 0 Å². The molecule has 0 bridgehead atoms. The van der Waals surface area contributed by atoms with Gasteiger partial charge < -0.3 is 10.1 Å². The number of hydrogen-bond donors (Lipinski definition) is 1. The zero-order valence-electron chi connectivity index (χ0n) is 12.4. The highest BCUT2D eigenvalue weighted by atomic mass is 16.5. The van der Waals surface area contributed by atoms with Crippen molar-refractivity contribution in [2.45, 2.75) is 31.2 Å². The van der Waals surface area contributed by atoms with Crippen LogP contribution in [0.4, 0.5) is 0 Å². The normalized spacial score (nSPS) is 20.3. The van der Waals surface area contributed by atoms with Crippen molar-refractivity contribution in [2.75, 3.05) is 6.61 Å². The van der Waals surface area contributed by atoms with Crippen molar-refractivity contribution >= 4 is 11.9 Å². The average Bonchev–Trinajstić information content (AvgIpc) is 3.17. The number of esters is 1. The highest BCUT2D eigenvalue weighted by molar-refractivity contribution is 5.97. The van der Waals surface area contributed by atoms with Gasteiger partial charge in [-0.05, 0) is 37.1 Å². The monoisotopic (exact) mass is 312 g/mol. The van der Waals surface area contributed by atoms with Crippen LogP contribution in [0.1, 0.15) is 41.2 Å². The molecule has 118 valence electrons. The molecule has 7 nitrogen and oxygen atoms in total. The van der Waals surface area contributed by atoms with E-state index in [-0.39, 0.29) is 11.9 Å². The number of amides is 1. The lowest BCUT2D eigenvalue weighted by Crippen LogP contribution is -2.37. The average molecular weight is 312 g/mol. The first-order valence-electron chi connectivity index (χ1n) is 7.71. The molecule has 23 heavy (non-hydrogen) atoms. The van der Waals surface area contributed by atoms with Crippen molar-refractivity contribution in [2.24, 2.45) is 0 Å². The number of hydrogen-bond acceptors (Lipinski definition) is 5. The predicted octanol–water partition coefficient (Wildman–Crippen LogP) is 1.19. The summed E-state index contributed by atoms with van der Waals surface area (Å²) in [5.74, 6) is -0.0946. The second-order valence-electron chi connectivity index (χ2n) is 5.89. The van der Waals surface area contributed by atoms with E-state index >= 15 is 0 Å². The Hall–Kier alpha value is -2.70. The van der Waals surface area contributed by atoms with Crippen molar-refractivity contribution in [3.05, 3.63) is 41.7 Å². The molecule has 4 rings (SSSR count). The van der Waals surface area contributed by atoms with Crippen molar-refractivity contribution in [3.8, 4) is 5.69 Å². The number of ether oxygens (including phenoxy) is 1. The summed E-state index contributed by atoms with van der Waals surface area (Å²) in [5, 5.41) is 11.0. The first-order valence-corrected chi connectivity index (χ1v) is 7.71. The number of carbonyl (C=O) groups excluding carboxylic acids is 2. The smallest absolute Gasteiger partial charge is 0.328 e. The highest BCUT2D eigenvalue weighted by Crippen LogP contribution is 2.38. The van der Waals surface area contributed by atoms with Crippen LogP contribution in [0.3, 0.4) is 0 Å². The number of carbonyl (C=O) groups is 2. The molecule has 1 aliphatic heterocycles. The molecule has 1 saturated heterocycles. The Bertz CT molecular complexity index is 749. The molecule has 0 unspecified atom stereocenters. The van der Waals surface area contributed by atoms with Crippen LogP contribution in [-0.2, 0) is 9.53 Å². The molecule has 0 spiro atoms. The molecule has 2 fully saturated rings. The Morgan fingerprint density at radius 1 is 1.22 bits per heavy atom. The molecular weight excluding hydrogens is 296 g/mol. The van der Waals surface area contributed by atoms with Crippen LogP contribution < -0.4 is 5.32 Å². The summed E-state index contributed by atoms with van der Waals surface area (Å²) >= 11 is 0. The minimum Gasteiger partial charge on any atom is -0.464 e. The molecule has 2 heterocycles. The fourth-order valence-electron chi connectivity index (χ4n) is 2.60. The van der Waals surface area contributed by atoms with Crippen LogP contribution in [0, 0.1) is 0 Å². The molecule has 1 aromatic heterocycles. The standard InChI is InChI=1S/C16H16N4O3/c21-15(17-13-7-8-23-16(13)22)11-3-5-12(6-4-11)20-9-14(18-19-20)10-1-2-10/h3-6,9-10,13H,1-2,7-8H2,(H,17,21)/t13-/m0/s1. The van der Waals surface area contributed by atoms with Crippen LogP contribution >= 0.6 is 0 Å². The SMILES string of the molecule is O=C(N[C@H]1CCOC1=O)c1ccc(-n2cc(C3CC3)nn2)cc1. The fraction of sp³-hybridized carbons (Fsp3) is 0.375. The third-order valence-electron chi connectivity index (χ3n) is 4.14. The molecule has 7 heteroatoms. The van der Waals surface area contributed by atoms with E-state index in [4.69, 9.17) is 4.74 Å². The van der Waals surface area contributed by atoms with Gasteiger partial charge in [0.25, 0.3) is 5.91 Å². The zero-order chi connectivity index (χ0) is 15.8. The van der Waals surface area contributed by atoms with Gasteiger partial charge in [-0.25, -0.2) is 9.48 Å². The van der Waals surface area contributed by atoms with E-state index < -0.39 is 6.04 Å². The lowest BCUT2D eigenvalue weighted by atomic mass is 10.1. The summed E-state index contributed by atoms with van der Waals surface area (Å²) in [6.07, 6.45) is 4.82. The van der Waals surface area contributed by atoms with Gasteiger partial charge in [-0.3, -0.25) is 4.79 Å². The minimum absolute atomic E-state index is 0.280. The molecule has 1 atom stereocenters. The molecule has 1 aliphatic carbocycles. The first-order chi connectivity index (χ1) is 11.2. The molecule has 1 aromatic carbocycles. The van der Waals surface area contributed by atoms with E-state index in [2.05, 4.69) is 15.6 Å². The quantitative estimate of drug-likeness (QED) is 0.857. The van der Waals surface area contributed by atoms with E-state index in [9.17, 15) is 9.59 Å². The number of nitrogens with one attached hydrogen (secondary N) is 1. The summed E-state index contributed by atoms with van der Waals surface area (Å²) in [7, 11) is 0. The summed E-state index contributed by atoms with van der Waals surface area (Å²) in [4.78, 5) is 23.5. The van der Waals surface area contributed by atoms with Gasteiger partial charge in [0.05, 0.1) is 24.2 Å².